The predicted molar refractivity (Wildman–Crippen MR) is 99.2 cm³/mol. The molecule has 0 saturated heterocycles. The summed E-state index contributed by atoms with van der Waals surface area (Å²) in [4.78, 5) is 14.4. The maximum absolute atomic E-state index is 13.3. The standard InChI is InChI=1S/C22H23NO5/c1-23-18(14-10-6-4-7-11-14)16(21(25)27-2)20(24)17(22(26)28-3)19(23)15-12-8-5-9-13-15/h4-13,18-19,24-25H,1-3H3/p-2/b21-16-. The molecular formula is C22H21NO5-2. The molecule has 146 valence electrons. The zero-order valence-corrected chi connectivity index (χ0v) is 15.9. The van der Waals surface area contributed by atoms with E-state index in [0.29, 0.717) is 0 Å². The number of nitrogens with zero attached hydrogens (tertiary/aromatic N) is 1. The van der Waals surface area contributed by atoms with Crippen LogP contribution in [0.2, 0.25) is 0 Å². The Kier molecular flexibility index (Phi) is 5.70. The molecule has 0 saturated carbocycles. The summed E-state index contributed by atoms with van der Waals surface area (Å²) in [6.45, 7) is 0. The number of ether oxygens (including phenoxy) is 2. The van der Waals surface area contributed by atoms with E-state index < -0.39 is 29.8 Å². The fourth-order valence-corrected chi connectivity index (χ4v) is 3.65. The summed E-state index contributed by atoms with van der Waals surface area (Å²) in [6, 6.07) is 17.0. The highest BCUT2D eigenvalue weighted by Crippen LogP contribution is 2.46. The molecule has 0 amide bonds. The summed E-state index contributed by atoms with van der Waals surface area (Å²) in [5.74, 6) is -2.18. The first kappa shape index (κ1) is 19.5. The fourth-order valence-electron chi connectivity index (χ4n) is 3.65. The lowest BCUT2D eigenvalue weighted by Crippen LogP contribution is -2.42. The molecule has 28 heavy (non-hydrogen) atoms. The van der Waals surface area contributed by atoms with Crippen LogP contribution in [0.1, 0.15) is 23.2 Å². The van der Waals surface area contributed by atoms with Crippen molar-refractivity contribution in [1.29, 1.82) is 0 Å². The van der Waals surface area contributed by atoms with Crippen LogP contribution in [0.5, 0.6) is 0 Å². The average Bonchev–Trinajstić information content (AvgIpc) is 2.74. The Morgan fingerprint density at radius 3 is 1.86 bits per heavy atom. The van der Waals surface area contributed by atoms with Crippen molar-refractivity contribution in [3.63, 3.8) is 0 Å². The molecule has 0 bridgehead atoms. The highest BCUT2D eigenvalue weighted by atomic mass is 16.6. The highest BCUT2D eigenvalue weighted by Gasteiger charge is 2.39. The number of benzene rings is 2. The van der Waals surface area contributed by atoms with Gasteiger partial charge in [0.15, 0.2) is 0 Å². The van der Waals surface area contributed by atoms with Crippen molar-refractivity contribution in [2.45, 2.75) is 12.1 Å². The van der Waals surface area contributed by atoms with Crippen molar-refractivity contribution in [3.8, 4) is 0 Å². The topological polar surface area (TPSA) is 84.9 Å². The molecule has 2 atom stereocenters. The molecule has 0 aromatic heterocycles. The third-order valence-electron chi connectivity index (χ3n) is 4.89. The lowest BCUT2D eigenvalue weighted by molar-refractivity contribution is -0.361. The lowest BCUT2D eigenvalue weighted by atomic mass is 9.83. The SMILES string of the molecule is COC(=O)C1=C([O-])/C(=C(/[O-])OC)C(c2ccccc2)N(C)C1c1ccccc1. The van der Waals surface area contributed by atoms with Gasteiger partial charge in [-0.25, -0.2) is 4.79 Å². The summed E-state index contributed by atoms with van der Waals surface area (Å²) < 4.78 is 9.75. The molecule has 2 unspecified atom stereocenters. The molecule has 2 aromatic rings. The molecule has 0 aliphatic carbocycles. The van der Waals surface area contributed by atoms with Gasteiger partial charge in [-0.1, -0.05) is 66.4 Å². The number of rotatable bonds is 4. The first-order valence-corrected chi connectivity index (χ1v) is 8.78. The van der Waals surface area contributed by atoms with Gasteiger partial charge in [0, 0.05) is 0 Å². The molecule has 6 nitrogen and oxygen atoms in total. The third kappa shape index (κ3) is 3.34. The smallest absolute Gasteiger partial charge is 0.335 e. The monoisotopic (exact) mass is 379 g/mol. The van der Waals surface area contributed by atoms with Gasteiger partial charge in [-0.15, -0.1) is 0 Å². The first-order chi connectivity index (χ1) is 13.5. The van der Waals surface area contributed by atoms with Crippen LogP contribution in [-0.2, 0) is 14.3 Å². The quantitative estimate of drug-likeness (QED) is 0.590. The highest BCUT2D eigenvalue weighted by molar-refractivity contribution is 5.92. The maximum atomic E-state index is 13.3. The molecule has 0 spiro atoms. The van der Waals surface area contributed by atoms with Crippen LogP contribution in [0.3, 0.4) is 0 Å². The van der Waals surface area contributed by atoms with Crippen LogP contribution < -0.4 is 10.2 Å². The van der Waals surface area contributed by atoms with Crippen molar-refractivity contribution in [2.24, 2.45) is 0 Å². The Labute approximate surface area is 163 Å². The lowest BCUT2D eigenvalue weighted by Gasteiger charge is -2.46. The van der Waals surface area contributed by atoms with Crippen LogP contribution in [0.15, 0.2) is 83.5 Å². The van der Waals surface area contributed by atoms with Crippen molar-refractivity contribution in [1.82, 2.24) is 4.90 Å². The molecule has 1 aliphatic heterocycles. The van der Waals surface area contributed by atoms with Crippen LogP contribution in [0.25, 0.3) is 0 Å². The summed E-state index contributed by atoms with van der Waals surface area (Å²) in [5, 5.41) is 25.9. The van der Waals surface area contributed by atoms with Gasteiger partial charge in [-0.2, -0.15) is 0 Å². The number of carbonyl (C=O) groups excluding carboxylic acids is 1. The summed E-state index contributed by atoms with van der Waals surface area (Å²) in [7, 11) is 4.20. The van der Waals surface area contributed by atoms with Crippen LogP contribution in [0.4, 0.5) is 0 Å². The van der Waals surface area contributed by atoms with E-state index in [0.717, 1.165) is 11.1 Å². The second-order valence-electron chi connectivity index (χ2n) is 6.43. The molecule has 0 fully saturated rings. The maximum Gasteiger partial charge on any atom is 0.335 e. The molecule has 1 aliphatic rings. The average molecular weight is 379 g/mol. The Morgan fingerprint density at radius 1 is 0.893 bits per heavy atom. The summed E-state index contributed by atoms with van der Waals surface area (Å²) in [5.41, 5.74) is 1.29. The van der Waals surface area contributed by atoms with Gasteiger partial charge < -0.3 is 19.7 Å². The van der Waals surface area contributed by atoms with Crippen LogP contribution in [-0.4, -0.2) is 32.1 Å². The molecular weight excluding hydrogens is 358 g/mol. The van der Waals surface area contributed by atoms with Crippen molar-refractivity contribution >= 4 is 5.97 Å². The second-order valence-corrected chi connectivity index (χ2v) is 6.43. The van der Waals surface area contributed by atoms with E-state index in [2.05, 4.69) is 0 Å². The minimum absolute atomic E-state index is 0.108. The molecule has 1 heterocycles. The fraction of sp³-hybridized carbons (Fsp3) is 0.227. The zero-order valence-electron chi connectivity index (χ0n) is 15.9. The minimum Gasteiger partial charge on any atom is -0.872 e. The van der Waals surface area contributed by atoms with E-state index in [1.807, 2.05) is 65.6 Å². The number of esters is 1. The normalized spacial score (nSPS) is 22.0. The Morgan fingerprint density at radius 2 is 1.39 bits per heavy atom. The molecule has 6 heteroatoms. The zero-order chi connectivity index (χ0) is 20.3. The van der Waals surface area contributed by atoms with E-state index in [4.69, 9.17) is 9.47 Å². The number of hydrogen-bond acceptors (Lipinski definition) is 6. The number of carbonyl (C=O) groups is 1. The Balaban J connectivity index is 2.32. The van der Waals surface area contributed by atoms with E-state index in [-0.39, 0.29) is 11.1 Å². The summed E-state index contributed by atoms with van der Waals surface area (Å²) in [6.07, 6.45) is 0. The number of likely N-dealkylation sites (N-methyl/N-ethyl adjacent to an activating group) is 1. The van der Waals surface area contributed by atoms with E-state index in [1.54, 1.807) is 7.05 Å². The third-order valence-corrected chi connectivity index (χ3v) is 4.89. The number of methoxy groups -OCH3 is 2. The van der Waals surface area contributed by atoms with E-state index >= 15 is 0 Å². The Hall–Kier alpha value is -3.25. The van der Waals surface area contributed by atoms with E-state index in [1.165, 1.54) is 14.2 Å². The van der Waals surface area contributed by atoms with Gasteiger partial charge in [-0.05, 0) is 30.9 Å². The van der Waals surface area contributed by atoms with Gasteiger partial charge in [0.2, 0.25) is 0 Å². The van der Waals surface area contributed by atoms with Crippen molar-refractivity contribution < 1.29 is 24.5 Å². The van der Waals surface area contributed by atoms with Crippen LogP contribution in [0, 0.1) is 0 Å². The van der Waals surface area contributed by atoms with Gasteiger partial charge in [-0.3, -0.25) is 4.90 Å². The van der Waals surface area contributed by atoms with Gasteiger partial charge in [0.25, 0.3) is 0 Å². The molecule has 2 aromatic carbocycles. The van der Waals surface area contributed by atoms with Crippen molar-refractivity contribution in [2.75, 3.05) is 21.3 Å². The van der Waals surface area contributed by atoms with Gasteiger partial charge in [0.05, 0.1) is 30.7 Å². The minimum atomic E-state index is -0.765. The van der Waals surface area contributed by atoms with E-state index in [9.17, 15) is 15.0 Å². The first-order valence-electron chi connectivity index (χ1n) is 8.78. The molecule has 3 rings (SSSR count). The predicted octanol–water partition coefficient (Wildman–Crippen LogP) is 1.42. The summed E-state index contributed by atoms with van der Waals surface area (Å²) >= 11 is 0. The number of hydrogen-bond donors (Lipinski definition) is 0. The molecule has 0 radical (unpaired) electrons. The Bertz CT molecular complexity index is 905. The van der Waals surface area contributed by atoms with Gasteiger partial charge >= 0.3 is 5.97 Å². The largest absolute Gasteiger partial charge is 0.872 e. The van der Waals surface area contributed by atoms with Crippen LogP contribution >= 0.6 is 0 Å². The van der Waals surface area contributed by atoms with Gasteiger partial charge in [0.1, 0.15) is 0 Å². The second kappa shape index (κ2) is 8.19. The molecule has 0 N–H and O–H groups in total. The van der Waals surface area contributed by atoms with Crippen molar-refractivity contribution in [3.05, 3.63) is 94.6 Å².